The van der Waals surface area contributed by atoms with E-state index in [1.54, 1.807) is 18.2 Å². The van der Waals surface area contributed by atoms with Crippen LogP contribution in [0.1, 0.15) is 44.2 Å². The molecule has 0 atom stereocenters. The van der Waals surface area contributed by atoms with Crippen molar-refractivity contribution in [3.05, 3.63) is 77.9 Å². The highest BCUT2D eigenvalue weighted by Crippen LogP contribution is 2.36. The Morgan fingerprint density at radius 3 is 2.57 bits per heavy atom. The summed E-state index contributed by atoms with van der Waals surface area (Å²) in [7, 11) is 0. The van der Waals surface area contributed by atoms with Crippen LogP contribution in [-0.2, 0) is 11.2 Å². The topological polar surface area (TPSA) is 82.8 Å². The molecule has 1 N–H and O–H groups in total. The number of carbonyl (C=O) groups excluding carboxylic acids is 1. The number of aryl methyl sites for hydroxylation is 1. The van der Waals surface area contributed by atoms with Gasteiger partial charge in [-0.3, -0.25) is 4.79 Å². The van der Waals surface area contributed by atoms with Crippen LogP contribution in [-0.4, -0.2) is 41.7 Å². The molecule has 37 heavy (non-hydrogen) atoms. The Morgan fingerprint density at radius 2 is 1.84 bits per heavy atom. The summed E-state index contributed by atoms with van der Waals surface area (Å²) < 4.78 is 11.7. The number of phenols is 1. The average molecular weight is 499 g/mol. The SMILES string of the molecule is CC(C)Oc1cccc(CCC2CCN(C(=O)COc3ccccc3-c3ccc(C#N)cc3O)CC2)c1. The van der Waals surface area contributed by atoms with Gasteiger partial charge in [0.05, 0.1) is 17.7 Å². The van der Waals surface area contributed by atoms with Crippen molar-refractivity contribution in [2.45, 2.75) is 45.6 Å². The van der Waals surface area contributed by atoms with Crippen LogP contribution in [0.25, 0.3) is 11.1 Å². The number of aromatic hydroxyl groups is 1. The zero-order valence-corrected chi connectivity index (χ0v) is 21.5. The molecular weight excluding hydrogens is 464 g/mol. The molecule has 6 nitrogen and oxygen atoms in total. The number of likely N-dealkylation sites (tertiary alicyclic amines) is 1. The molecule has 6 heteroatoms. The molecule has 192 valence electrons. The summed E-state index contributed by atoms with van der Waals surface area (Å²) in [5.41, 5.74) is 2.91. The Hall–Kier alpha value is -3.98. The molecule has 1 aliphatic rings. The maximum Gasteiger partial charge on any atom is 0.260 e. The van der Waals surface area contributed by atoms with E-state index in [1.807, 2.05) is 49.1 Å². The maximum atomic E-state index is 12.9. The van der Waals surface area contributed by atoms with Crippen molar-refractivity contribution >= 4 is 5.91 Å². The highest BCUT2D eigenvalue weighted by molar-refractivity contribution is 5.79. The minimum absolute atomic E-state index is 0.00248. The van der Waals surface area contributed by atoms with Crippen molar-refractivity contribution in [3.63, 3.8) is 0 Å². The summed E-state index contributed by atoms with van der Waals surface area (Å²) in [4.78, 5) is 14.8. The van der Waals surface area contributed by atoms with Crippen LogP contribution < -0.4 is 9.47 Å². The molecule has 0 aromatic heterocycles. The van der Waals surface area contributed by atoms with Gasteiger partial charge in [-0.2, -0.15) is 5.26 Å². The van der Waals surface area contributed by atoms with E-state index in [4.69, 9.17) is 14.7 Å². The molecule has 3 aromatic carbocycles. The van der Waals surface area contributed by atoms with Crippen LogP contribution in [0.5, 0.6) is 17.2 Å². The largest absolute Gasteiger partial charge is 0.507 e. The fourth-order valence-corrected chi connectivity index (χ4v) is 4.76. The van der Waals surface area contributed by atoms with Gasteiger partial charge in [0.2, 0.25) is 0 Å². The summed E-state index contributed by atoms with van der Waals surface area (Å²) in [6.07, 6.45) is 4.26. The van der Waals surface area contributed by atoms with E-state index in [0.717, 1.165) is 44.5 Å². The van der Waals surface area contributed by atoms with Crippen molar-refractivity contribution in [2.24, 2.45) is 5.92 Å². The van der Waals surface area contributed by atoms with E-state index in [1.165, 1.54) is 11.6 Å². The molecule has 0 radical (unpaired) electrons. The smallest absolute Gasteiger partial charge is 0.260 e. The lowest BCUT2D eigenvalue weighted by atomic mass is 9.90. The second kappa shape index (κ2) is 12.3. The van der Waals surface area contributed by atoms with E-state index in [9.17, 15) is 9.90 Å². The lowest BCUT2D eigenvalue weighted by molar-refractivity contribution is -0.134. The minimum atomic E-state index is -0.0542. The first-order valence-electron chi connectivity index (χ1n) is 12.9. The fourth-order valence-electron chi connectivity index (χ4n) is 4.76. The third-order valence-electron chi connectivity index (χ3n) is 6.73. The highest BCUT2D eigenvalue weighted by atomic mass is 16.5. The monoisotopic (exact) mass is 498 g/mol. The van der Waals surface area contributed by atoms with E-state index in [0.29, 0.717) is 28.4 Å². The van der Waals surface area contributed by atoms with Gasteiger partial charge in [0.15, 0.2) is 6.61 Å². The van der Waals surface area contributed by atoms with Crippen molar-refractivity contribution in [1.29, 1.82) is 5.26 Å². The first-order valence-corrected chi connectivity index (χ1v) is 12.9. The van der Waals surface area contributed by atoms with Crippen molar-refractivity contribution in [3.8, 4) is 34.4 Å². The van der Waals surface area contributed by atoms with Gasteiger partial charge in [0.25, 0.3) is 5.91 Å². The summed E-state index contributed by atoms with van der Waals surface area (Å²) in [5, 5.41) is 19.4. The van der Waals surface area contributed by atoms with Crippen molar-refractivity contribution < 1.29 is 19.4 Å². The van der Waals surface area contributed by atoms with E-state index in [2.05, 4.69) is 18.2 Å². The van der Waals surface area contributed by atoms with Crippen molar-refractivity contribution in [2.75, 3.05) is 19.7 Å². The van der Waals surface area contributed by atoms with Crippen LogP contribution in [0.4, 0.5) is 0 Å². The average Bonchev–Trinajstić information content (AvgIpc) is 2.91. The number of hydrogen-bond acceptors (Lipinski definition) is 5. The zero-order chi connectivity index (χ0) is 26.2. The molecule has 0 aliphatic carbocycles. The molecule has 1 heterocycles. The fraction of sp³-hybridized carbons (Fsp3) is 0.355. The summed E-state index contributed by atoms with van der Waals surface area (Å²) in [5.74, 6) is 2.01. The van der Waals surface area contributed by atoms with Gasteiger partial charge >= 0.3 is 0 Å². The number of nitrogens with zero attached hydrogens (tertiary/aromatic N) is 2. The third kappa shape index (κ3) is 7.04. The summed E-state index contributed by atoms with van der Waals surface area (Å²) >= 11 is 0. The number of amides is 1. The van der Waals surface area contributed by atoms with Gasteiger partial charge in [0, 0.05) is 24.2 Å². The molecule has 1 aliphatic heterocycles. The van der Waals surface area contributed by atoms with Crippen LogP contribution in [0, 0.1) is 17.2 Å². The van der Waals surface area contributed by atoms with E-state index < -0.39 is 0 Å². The number of piperidine rings is 1. The molecule has 0 spiro atoms. The number of rotatable bonds is 9. The predicted molar refractivity (Wildman–Crippen MR) is 144 cm³/mol. The zero-order valence-electron chi connectivity index (χ0n) is 21.5. The van der Waals surface area contributed by atoms with Gasteiger partial charge < -0.3 is 19.5 Å². The quantitative estimate of drug-likeness (QED) is 0.393. The van der Waals surface area contributed by atoms with Crippen LogP contribution in [0.2, 0.25) is 0 Å². The first kappa shape index (κ1) is 26.1. The van der Waals surface area contributed by atoms with Gasteiger partial charge in [-0.15, -0.1) is 0 Å². The minimum Gasteiger partial charge on any atom is -0.507 e. The van der Waals surface area contributed by atoms with Gasteiger partial charge in [-0.1, -0.05) is 30.3 Å². The first-order chi connectivity index (χ1) is 17.9. The normalized spacial score (nSPS) is 13.8. The number of ether oxygens (including phenoxy) is 2. The maximum absolute atomic E-state index is 12.9. The van der Waals surface area contributed by atoms with Gasteiger partial charge in [0.1, 0.15) is 17.2 Å². The molecule has 0 unspecified atom stereocenters. The number of nitriles is 1. The Labute approximate surface area is 219 Å². The number of hydrogen-bond donors (Lipinski definition) is 1. The number of carbonyl (C=O) groups is 1. The Morgan fingerprint density at radius 1 is 1.05 bits per heavy atom. The molecule has 0 bridgehead atoms. The number of phenolic OH excluding ortho intramolecular Hbond substituents is 1. The Bertz CT molecular complexity index is 1260. The molecule has 1 fully saturated rings. The standard InChI is InChI=1S/C31H34N2O4/c1-22(2)37-26-7-5-6-24(18-26)11-10-23-14-16-33(17-15-23)31(35)21-36-30-9-4-3-8-28(30)27-13-12-25(20-32)19-29(27)34/h3-9,12-13,18-19,22-23,34H,10-11,14-17,21H2,1-2H3. The molecule has 4 rings (SSSR count). The molecule has 3 aromatic rings. The third-order valence-corrected chi connectivity index (χ3v) is 6.73. The van der Waals surface area contributed by atoms with Crippen molar-refractivity contribution in [1.82, 2.24) is 4.90 Å². The lowest BCUT2D eigenvalue weighted by Gasteiger charge is -2.32. The van der Waals surface area contributed by atoms with E-state index >= 15 is 0 Å². The van der Waals surface area contributed by atoms with Crippen LogP contribution in [0.3, 0.4) is 0 Å². The van der Waals surface area contributed by atoms with Gasteiger partial charge in [-0.25, -0.2) is 0 Å². The Kier molecular flexibility index (Phi) is 8.68. The number of para-hydroxylation sites is 1. The molecule has 1 saturated heterocycles. The second-order valence-corrected chi connectivity index (χ2v) is 9.81. The second-order valence-electron chi connectivity index (χ2n) is 9.81. The Balaban J connectivity index is 1.27. The summed E-state index contributed by atoms with van der Waals surface area (Å²) in [6, 6.07) is 22.4. The van der Waals surface area contributed by atoms with Crippen LogP contribution >= 0.6 is 0 Å². The molecule has 1 amide bonds. The number of benzene rings is 3. The lowest BCUT2D eigenvalue weighted by Crippen LogP contribution is -2.41. The molecule has 0 saturated carbocycles. The summed E-state index contributed by atoms with van der Waals surface area (Å²) in [6.45, 7) is 5.49. The van der Waals surface area contributed by atoms with E-state index in [-0.39, 0.29) is 24.4 Å². The molecular formula is C31H34N2O4. The van der Waals surface area contributed by atoms with Crippen LogP contribution in [0.15, 0.2) is 66.7 Å². The highest BCUT2D eigenvalue weighted by Gasteiger charge is 2.23. The predicted octanol–water partition coefficient (Wildman–Crippen LogP) is 5.97. The van der Waals surface area contributed by atoms with Gasteiger partial charge in [-0.05, 0) is 87.4 Å².